The van der Waals surface area contributed by atoms with Crippen molar-refractivity contribution in [2.75, 3.05) is 0 Å². The summed E-state index contributed by atoms with van der Waals surface area (Å²) in [6, 6.07) is 10.9. The number of hydrogen-bond acceptors (Lipinski definition) is 3. The first kappa shape index (κ1) is 11.8. The summed E-state index contributed by atoms with van der Waals surface area (Å²) in [6.45, 7) is 2.04. The summed E-state index contributed by atoms with van der Waals surface area (Å²) in [5.41, 5.74) is 4.85. The van der Waals surface area contributed by atoms with Crippen LogP contribution in [0.3, 0.4) is 0 Å². The number of aromatic nitrogens is 5. The third-order valence-corrected chi connectivity index (χ3v) is 3.50. The van der Waals surface area contributed by atoms with Gasteiger partial charge in [0, 0.05) is 23.3 Å². The number of nitrogens with one attached hydrogen (secondary N) is 1. The lowest BCUT2D eigenvalue weighted by Gasteiger charge is -2.04. The van der Waals surface area contributed by atoms with E-state index in [-0.39, 0.29) is 0 Å². The van der Waals surface area contributed by atoms with Gasteiger partial charge in [-0.05, 0) is 36.8 Å². The van der Waals surface area contributed by atoms with Gasteiger partial charge in [0.15, 0.2) is 0 Å². The molecule has 3 heterocycles. The van der Waals surface area contributed by atoms with Crippen molar-refractivity contribution in [1.29, 1.82) is 0 Å². The van der Waals surface area contributed by atoms with Crippen molar-refractivity contribution in [2.45, 2.75) is 6.92 Å². The Morgan fingerprint density at radius 1 is 1.24 bits per heavy atom. The molecule has 101 valence electrons. The molecular weight excluding hydrogens is 262 g/mol. The Labute approximate surface area is 121 Å². The molecule has 1 N–H and O–H groups in total. The quantitative estimate of drug-likeness (QED) is 0.611. The van der Waals surface area contributed by atoms with E-state index in [1.165, 1.54) is 0 Å². The zero-order chi connectivity index (χ0) is 14.2. The fourth-order valence-corrected chi connectivity index (χ4v) is 2.44. The second kappa shape index (κ2) is 4.56. The van der Waals surface area contributed by atoms with Gasteiger partial charge < -0.3 is 4.98 Å². The highest BCUT2D eigenvalue weighted by Crippen LogP contribution is 2.25. The van der Waals surface area contributed by atoms with E-state index in [1.807, 2.05) is 54.5 Å². The van der Waals surface area contributed by atoms with Crippen molar-refractivity contribution < 1.29 is 0 Å². The average molecular weight is 274 g/mol. The Morgan fingerprint density at radius 3 is 3.10 bits per heavy atom. The Bertz CT molecular complexity index is 919. The summed E-state index contributed by atoms with van der Waals surface area (Å²) in [5.74, 6) is 0. The second-order valence-corrected chi connectivity index (χ2v) is 4.85. The number of H-pyrrole nitrogens is 1. The first-order valence-electron chi connectivity index (χ1n) is 6.63. The molecule has 5 nitrogen and oxygen atoms in total. The van der Waals surface area contributed by atoms with Crippen LogP contribution in [0.2, 0.25) is 0 Å². The molecule has 0 spiro atoms. The van der Waals surface area contributed by atoms with E-state index in [2.05, 4.69) is 26.1 Å². The van der Waals surface area contributed by atoms with Gasteiger partial charge in [0.25, 0.3) is 0 Å². The van der Waals surface area contributed by atoms with E-state index < -0.39 is 0 Å². The molecule has 0 unspecified atom stereocenters. The molecule has 0 aliphatic heterocycles. The molecule has 0 aliphatic rings. The molecule has 1 radical (unpaired) electrons. The van der Waals surface area contributed by atoms with Crippen LogP contribution in [0.4, 0.5) is 0 Å². The van der Waals surface area contributed by atoms with Crippen molar-refractivity contribution in [3.8, 4) is 16.9 Å². The maximum absolute atomic E-state index is 4.45. The first-order chi connectivity index (χ1) is 10.3. The van der Waals surface area contributed by atoms with Gasteiger partial charge in [0.1, 0.15) is 12.0 Å². The number of hydrogen-bond donors (Lipinski definition) is 1. The lowest BCUT2D eigenvalue weighted by Crippen LogP contribution is -1.96. The van der Waals surface area contributed by atoms with Crippen molar-refractivity contribution in [3.05, 3.63) is 60.8 Å². The van der Waals surface area contributed by atoms with Gasteiger partial charge >= 0.3 is 0 Å². The number of rotatable bonds is 2. The topological polar surface area (TPSA) is 59.4 Å². The fourth-order valence-electron chi connectivity index (χ4n) is 2.44. The summed E-state index contributed by atoms with van der Waals surface area (Å²) in [6.07, 6.45) is 7.24. The largest absolute Gasteiger partial charge is 0.346 e. The summed E-state index contributed by atoms with van der Waals surface area (Å²) in [7, 11) is 0. The molecule has 4 aromatic rings. The molecule has 1 aromatic carbocycles. The van der Waals surface area contributed by atoms with E-state index in [9.17, 15) is 0 Å². The highest BCUT2D eigenvalue weighted by Gasteiger charge is 2.10. The maximum atomic E-state index is 4.45. The molecule has 0 fully saturated rings. The van der Waals surface area contributed by atoms with E-state index in [0.717, 1.165) is 33.5 Å². The molecule has 5 heteroatoms. The predicted molar refractivity (Wildman–Crippen MR) is 80.0 cm³/mol. The van der Waals surface area contributed by atoms with Crippen LogP contribution in [0.25, 0.3) is 28.0 Å². The van der Waals surface area contributed by atoms with Gasteiger partial charge in [0.2, 0.25) is 0 Å². The van der Waals surface area contributed by atoms with E-state index in [1.54, 1.807) is 6.33 Å². The van der Waals surface area contributed by atoms with E-state index >= 15 is 0 Å². The Kier molecular flexibility index (Phi) is 2.57. The minimum atomic E-state index is 0.832. The molecule has 0 bridgehead atoms. The fraction of sp³-hybridized carbons (Fsp3) is 0.0625. The predicted octanol–water partition coefficient (Wildman–Crippen LogP) is 2.92. The van der Waals surface area contributed by atoms with Gasteiger partial charge in [-0.25, -0.2) is 14.6 Å². The normalized spacial score (nSPS) is 11.1. The first-order valence-corrected chi connectivity index (χ1v) is 6.63. The third kappa shape index (κ3) is 1.90. The molecule has 21 heavy (non-hydrogen) atoms. The molecular formula is C16H12N5. The second-order valence-electron chi connectivity index (χ2n) is 4.85. The minimum Gasteiger partial charge on any atom is -0.346 e. The third-order valence-electron chi connectivity index (χ3n) is 3.50. The summed E-state index contributed by atoms with van der Waals surface area (Å²) < 4.78 is 1.86. The van der Waals surface area contributed by atoms with E-state index in [4.69, 9.17) is 0 Å². The van der Waals surface area contributed by atoms with Crippen molar-refractivity contribution in [3.63, 3.8) is 0 Å². The molecule has 0 atom stereocenters. The van der Waals surface area contributed by atoms with Crippen molar-refractivity contribution >= 4 is 11.0 Å². The van der Waals surface area contributed by atoms with Gasteiger partial charge in [-0.15, -0.1) is 0 Å². The van der Waals surface area contributed by atoms with Gasteiger partial charge in [-0.2, -0.15) is 5.10 Å². The van der Waals surface area contributed by atoms with Crippen molar-refractivity contribution in [1.82, 2.24) is 24.7 Å². The number of nitrogens with zero attached hydrogens (tertiary/aromatic N) is 4. The zero-order valence-electron chi connectivity index (χ0n) is 11.4. The Balaban J connectivity index is 1.85. The van der Waals surface area contributed by atoms with Crippen LogP contribution in [-0.4, -0.2) is 24.7 Å². The molecule has 0 amide bonds. The number of aryl methyl sites for hydroxylation is 1. The van der Waals surface area contributed by atoms with Crippen LogP contribution < -0.4 is 0 Å². The smallest absolute Gasteiger partial charge is 0.141 e. The van der Waals surface area contributed by atoms with Crippen LogP contribution in [0, 0.1) is 13.0 Å². The Hall–Kier alpha value is -2.95. The molecule has 0 saturated carbocycles. The molecule has 0 aliphatic carbocycles. The highest BCUT2D eigenvalue weighted by molar-refractivity contribution is 5.90. The summed E-state index contributed by atoms with van der Waals surface area (Å²) in [4.78, 5) is 11.7. The zero-order valence-corrected chi connectivity index (χ0v) is 11.4. The molecule has 4 rings (SSSR count). The van der Waals surface area contributed by atoms with Crippen LogP contribution in [0.5, 0.6) is 0 Å². The molecule has 3 aromatic heterocycles. The van der Waals surface area contributed by atoms with Gasteiger partial charge in [-0.1, -0.05) is 6.07 Å². The summed E-state index contributed by atoms with van der Waals surface area (Å²) in [5, 5.41) is 5.44. The van der Waals surface area contributed by atoms with Gasteiger partial charge in [-0.3, -0.25) is 0 Å². The monoisotopic (exact) mass is 274 g/mol. The average Bonchev–Trinajstić information content (AvgIpc) is 3.16. The SMILES string of the molecule is Cc1c[c]ccc1-n1cc(-c2ncnc3[nH]ccc23)cn1. The van der Waals surface area contributed by atoms with Gasteiger partial charge in [0.05, 0.1) is 17.6 Å². The highest BCUT2D eigenvalue weighted by atomic mass is 15.3. The van der Waals surface area contributed by atoms with Crippen LogP contribution in [0.1, 0.15) is 5.56 Å². The molecule has 0 saturated heterocycles. The van der Waals surface area contributed by atoms with Crippen molar-refractivity contribution in [2.24, 2.45) is 0 Å². The van der Waals surface area contributed by atoms with Crippen LogP contribution >= 0.6 is 0 Å². The number of benzene rings is 1. The standard InChI is InChI=1S/C16H12N5/c1-11-4-2-3-5-14(11)21-9-12(8-20-21)15-13-6-7-17-16(13)19-10-18-15/h3-10H,1H3,(H,17,18,19). The van der Waals surface area contributed by atoms with Crippen LogP contribution in [-0.2, 0) is 0 Å². The lowest BCUT2D eigenvalue weighted by atomic mass is 10.2. The minimum absolute atomic E-state index is 0.832. The maximum Gasteiger partial charge on any atom is 0.141 e. The van der Waals surface area contributed by atoms with E-state index in [0.29, 0.717) is 0 Å². The Morgan fingerprint density at radius 2 is 2.19 bits per heavy atom. The lowest BCUT2D eigenvalue weighted by molar-refractivity contribution is 0.873. The number of fused-ring (bicyclic) bond motifs is 1. The summed E-state index contributed by atoms with van der Waals surface area (Å²) >= 11 is 0. The number of aromatic amines is 1. The van der Waals surface area contributed by atoms with Crippen LogP contribution in [0.15, 0.2) is 49.2 Å².